The average Bonchev–Trinajstić information content (AvgIpc) is 2.84. The van der Waals surface area contributed by atoms with Crippen molar-refractivity contribution in [3.8, 4) is 11.5 Å². The van der Waals surface area contributed by atoms with E-state index < -0.39 is 6.10 Å². The van der Waals surface area contributed by atoms with E-state index in [1.54, 1.807) is 6.07 Å². The van der Waals surface area contributed by atoms with E-state index >= 15 is 0 Å². The molecule has 2 aliphatic heterocycles. The molecule has 2 heterocycles. The van der Waals surface area contributed by atoms with Crippen molar-refractivity contribution >= 4 is 0 Å². The Labute approximate surface area is 130 Å². The Kier molecular flexibility index (Phi) is 2.17. The van der Waals surface area contributed by atoms with Gasteiger partial charge >= 0.3 is 0 Å². The van der Waals surface area contributed by atoms with Crippen LogP contribution in [0.3, 0.4) is 0 Å². The van der Waals surface area contributed by atoms with E-state index in [1.807, 2.05) is 12.1 Å². The lowest BCUT2D eigenvalue weighted by atomic mass is 9.49. The number of hydrogen-bond acceptors (Lipinski definition) is 4. The van der Waals surface area contributed by atoms with E-state index in [0.717, 1.165) is 24.9 Å². The van der Waals surface area contributed by atoms with Crippen molar-refractivity contribution in [3.63, 3.8) is 0 Å². The van der Waals surface area contributed by atoms with Crippen LogP contribution in [0.4, 0.5) is 0 Å². The van der Waals surface area contributed by atoms with Crippen LogP contribution in [0.15, 0.2) is 24.3 Å². The molecule has 5 atom stereocenters. The monoisotopic (exact) mass is 299 g/mol. The van der Waals surface area contributed by atoms with E-state index in [1.165, 1.54) is 5.56 Å². The summed E-state index contributed by atoms with van der Waals surface area (Å²) in [6, 6.07) is 3.78. The van der Waals surface area contributed by atoms with Gasteiger partial charge in [-0.25, -0.2) is 0 Å². The van der Waals surface area contributed by atoms with Gasteiger partial charge in [-0.3, -0.25) is 4.90 Å². The summed E-state index contributed by atoms with van der Waals surface area (Å²) in [5.41, 5.74) is 2.26. The summed E-state index contributed by atoms with van der Waals surface area (Å²) >= 11 is 0. The van der Waals surface area contributed by atoms with Crippen LogP contribution in [0, 0.1) is 5.92 Å². The summed E-state index contributed by atoms with van der Waals surface area (Å²) in [5.74, 6) is 1.13. The lowest BCUT2D eigenvalue weighted by Crippen LogP contribution is -2.70. The molecule has 2 N–H and O–H groups in total. The highest BCUT2D eigenvalue weighted by atomic mass is 16.5. The number of aliphatic hydroxyl groups excluding tert-OH is 1. The Morgan fingerprint density at radius 2 is 2.14 bits per heavy atom. The van der Waals surface area contributed by atoms with Crippen molar-refractivity contribution < 1.29 is 14.9 Å². The van der Waals surface area contributed by atoms with Crippen molar-refractivity contribution in [2.75, 3.05) is 13.6 Å². The molecule has 22 heavy (non-hydrogen) atoms. The predicted octanol–water partition coefficient (Wildman–Crippen LogP) is 1.59. The molecule has 0 unspecified atom stereocenters. The highest BCUT2D eigenvalue weighted by Crippen LogP contribution is 2.64. The minimum absolute atomic E-state index is 0.0298. The number of likely N-dealkylation sites (tertiary alicyclic amines) is 1. The maximum absolute atomic E-state index is 10.5. The van der Waals surface area contributed by atoms with Gasteiger partial charge in [0.05, 0.1) is 0 Å². The Morgan fingerprint density at radius 3 is 2.95 bits per heavy atom. The molecule has 1 saturated heterocycles. The average molecular weight is 299 g/mol. The van der Waals surface area contributed by atoms with Gasteiger partial charge in [0, 0.05) is 22.4 Å². The second kappa shape index (κ2) is 3.69. The quantitative estimate of drug-likeness (QED) is 0.714. The second-order valence-electron chi connectivity index (χ2n) is 7.59. The van der Waals surface area contributed by atoms with Gasteiger partial charge in [-0.1, -0.05) is 18.2 Å². The van der Waals surface area contributed by atoms with Gasteiger partial charge < -0.3 is 14.9 Å². The van der Waals surface area contributed by atoms with Crippen LogP contribution in [-0.4, -0.2) is 46.5 Å². The fraction of sp³-hybridized carbons (Fsp3) is 0.556. The standard InChI is InChI=1S/C18H21NO3/c1-17-9-10-3-4-11(20)15-14(10)18(7-8-19(17)2)13(17)6-5-12(21)16(18)22-15/h3-6,12-13,16,20-21H,7-9H2,1-2H3/t12-,13-,16-,17+,18-/m0/s1. The number of phenols is 1. The van der Waals surface area contributed by atoms with Crippen LogP contribution < -0.4 is 4.74 Å². The fourth-order valence-corrected chi connectivity index (χ4v) is 5.63. The highest BCUT2D eigenvalue weighted by Gasteiger charge is 2.67. The summed E-state index contributed by atoms with van der Waals surface area (Å²) < 4.78 is 6.13. The summed E-state index contributed by atoms with van der Waals surface area (Å²) in [6.07, 6.45) is 5.11. The number of likely N-dealkylation sites (N-methyl/N-ethyl adjacent to an activating group) is 1. The Morgan fingerprint density at radius 1 is 1.32 bits per heavy atom. The molecule has 0 saturated carbocycles. The van der Waals surface area contributed by atoms with E-state index in [9.17, 15) is 10.2 Å². The number of piperidine rings is 1. The zero-order valence-corrected chi connectivity index (χ0v) is 12.9. The number of aliphatic hydroxyl groups is 1. The van der Waals surface area contributed by atoms with Crippen LogP contribution in [0.2, 0.25) is 0 Å². The van der Waals surface area contributed by atoms with Gasteiger partial charge in [-0.2, -0.15) is 0 Å². The first-order chi connectivity index (χ1) is 10.5. The predicted molar refractivity (Wildman–Crippen MR) is 82.2 cm³/mol. The first kappa shape index (κ1) is 13.0. The van der Waals surface area contributed by atoms with E-state index in [2.05, 4.69) is 24.9 Å². The summed E-state index contributed by atoms with van der Waals surface area (Å²) in [7, 11) is 2.20. The third-order valence-electron chi connectivity index (χ3n) is 6.76. The number of hydrogen-bond donors (Lipinski definition) is 2. The maximum Gasteiger partial charge on any atom is 0.165 e. The third-order valence-corrected chi connectivity index (χ3v) is 6.76. The zero-order valence-electron chi connectivity index (χ0n) is 12.9. The van der Waals surface area contributed by atoms with Crippen molar-refractivity contribution in [3.05, 3.63) is 35.4 Å². The maximum atomic E-state index is 10.5. The summed E-state index contributed by atoms with van der Waals surface area (Å²) in [4.78, 5) is 2.45. The van der Waals surface area contributed by atoms with Crippen LogP contribution in [0.1, 0.15) is 24.5 Å². The molecule has 4 nitrogen and oxygen atoms in total. The minimum Gasteiger partial charge on any atom is -0.504 e. The molecular formula is C18H21NO3. The van der Waals surface area contributed by atoms with Gasteiger partial charge in [-0.05, 0) is 45.0 Å². The molecule has 0 aromatic heterocycles. The normalized spacial score (nSPS) is 44.6. The van der Waals surface area contributed by atoms with E-state index in [0.29, 0.717) is 11.7 Å². The summed E-state index contributed by atoms with van der Waals surface area (Å²) in [6.45, 7) is 3.31. The molecular weight excluding hydrogens is 278 g/mol. The molecule has 1 fully saturated rings. The molecule has 0 amide bonds. The highest BCUT2D eigenvalue weighted by molar-refractivity contribution is 5.62. The first-order valence-electron chi connectivity index (χ1n) is 8.08. The lowest BCUT2D eigenvalue weighted by Gasteiger charge is -2.61. The summed E-state index contributed by atoms with van der Waals surface area (Å²) in [5, 5.41) is 20.8. The van der Waals surface area contributed by atoms with Crippen molar-refractivity contribution in [2.24, 2.45) is 5.92 Å². The SMILES string of the molecule is CN1CC[C@]23c4c5ccc(O)c4O[C@H]2[C@@H](O)C=C[C@H]3[C@@]1(C)C5. The molecule has 4 heteroatoms. The van der Waals surface area contributed by atoms with Crippen molar-refractivity contribution in [2.45, 2.75) is 42.9 Å². The molecule has 0 radical (unpaired) electrons. The van der Waals surface area contributed by atoms with Gasteiger partial charge in [0.15, 0.2) is 11.5 Å². The molecule has 1 spiro atoms. The third kappa shape index (κ3) is 1.17. The van der Waals surface area contributed by atoms with Gasteiger partial charge in [-0.15, -0.1) is 0 Å². The van der Waals surface area contributed by atoms with Gasteiger partial charge in [0.25, 0.3) is 0 Å². The smallest absolute Gasteiger partial charge is 0.165 e. The molecule has 2 aliphatic carbocycles. The number of aromatic hydroxyl groups is 1. The zero-order chi connectivity index (χ0) is 15.3. The molecule has 2 bridgehead atoms. The van der Waals surface area contributed by atoms with Gasteiger partial charge in [0.1, 0.15) is 12.2 Å². The number of phenolic OH excluding ortho intramolecular Hbond substituents is 1. The molecule has 116 valence electrons. The molecule has 1 aromatic carbocycles. The first-order valence-corrected chi connectivity index (χ1v) is 8.08. The van der Waals surface area contributed by atoms with Gasteiger partial charge in [0.2, 0.25) is 0 Å². The van der Waals surface area contributed by atoms with E-state index in [4.69, 9.17) is 4.74 Å². The van der Waals surface area contributed by atoms with Crippen LogP contribution in [0.25, 0.3) is 0 Å². The molecule has 5 rings (SSSR count). The topological polar surface area (TPSA) is 52.9 Å². The van der Waals surface area contributed by atoms with E-state index in [-0.39, 0.29) is 22.8 Å². The number of benzene rings is 1. The van der Waals surface area contributed by atoms with Crippen LogP contribution in [0.5, 0.6) is 11.5 Å². The Hall–Kier alpha value is -1.52. The molecule has 1 aromatic rings. The number of rotatable bonds is 0. The van der Waals surface area contributed by atoms with Crippen LogP contribution >= 0.6 is 0 Å². The minimum atomic E-state index is -0.610. The van der Waals surface area contributed by atoms with Crippen molar-refractivity contribution in [1.29, 1.82) is 0 Å². The second-order valence-corrected chi connectivity index (χ2v) is 7.59. The van der Waals surface area contributed by atoms with Crippen molar-refractivity contribution in [1.82, 2.24) is 4.90 Å². The Bertz CT molecular complexity index is 715. The molecule has 4 aliphatic rings. The number of nitrogens with zero attached hydrogens (tertiary/aromatic N) is 1. The Balaban J connectivity index is 1.88. The van der Waals surface area contributed by atoms with Crippen LogP contribution in [-0.2, 0) is 11.8 Å². The fourth-order valence-electron chi connectivity index (χ4n) is 5.63. The largest absolute Gasteiger partial charge is 0.504 e. The number of ether oxygens (including phenoxy) is 1. The lowest BCUT2D eigenvalue weighted by molar-refractivity contribution is -0.0799.